The third-order valence-electron chi connectivity index (χ3n) is 3.32. The highest BCUT2D eigenvalue weighted by atomic mass is 16.5. The molecule has 0 aliphatic heterocycles. The Kier molecular flexibility index (Phi) is 12.6. The van der Waals surface area contributed by atoms with Crippen LogP contribution in [0.15, 0.2) is 0 Å². The molecule has 0 aliphatic rings. The van der Waals surface area contributed by atoms with Gasteiger partial charge in [0.25, 0.3) is 0 Å². The van der Waals surface area contributed by atoms with E-state index in [9.17, 15) is 33.9 Å². The van der Waals surface area contributed by atoms with E-state index in [0.29, 0.717) is 6.42 Å². The molecule has 0 amide bonds. The van der Waals surface area contributed by atoms with E-state index in [2.05, 4.69) is 4.74 Å². The molecule has 7 N–H and O–H groups in total. The van der Waals surface area contributed by atoms with Crippen molar-refractivity contribution in [1.29, 1.82) is 0 Å². The van der Waals surface area contributed by atoms with Crippen molar-refractivity contribution in [3.8, 4) is 0 Å². The molecule has 172 valence electrons. The van der Waals surface area contributed by atoms with Crippen LogP contribution in [-0.4, -0.2) is 89.4 Å². The van der Waals surface area contributed by atoms with Crippen LogP contribution in [-0.2, 0) is 33.5 Å². The monoisotopic (exact) mass is 440 g/mol. The Bertz CT molecular complexity index is 638. The second-order valence-electron chi connectivity index (χ2n) is 6.14. The second-order valence-corrected chi connectivity index (χ2v) is 6.14. The number of hydrogen-bond donors (Lipinski definition) is 7. The predicted octanol–water partition coefficient (Wildman–Crippen LogP) is -1.24. The fraction of sp³-hybridized carbons (Fsp3) is 0.625. The Morgan fingerprint density at radius 2 is 1.00 bits per heavy atom. The Morgan fingerprint density at radius 1 is 0.667 bits per heavy atom. The van der Waals surface area contributed by atoms with Gasteiger partial charge in [0.15, 0.2) is 11.2 Å². The zero-order chi connectivity index (χ0) is 24.1. The summed E-state index contributed by atoms with van der Waals surface area (Å²) in [4.78, 5) is 62.8. The van der Waals surface area contributed by atoms with Crippen molar-refractivity contribution in [2.24, 2.45) is 0 Å². The van der Waals surface area contributed by atoms with Gasteiger partial charge in [-0.1, -0.05) is 13.3 Å². The van der Waals surface area contributed by atoms with Crippen LogP contribution < -0.4 is 0 Å². The molecule has 14 nitrogen and oxygen atoms in total. The molecule has 0 heterocycles. The first kappa shape index (κ1) is 28.9. The number of carboxylic acids is 5. The standard InChI is InChI=1S/C10H16O7.C6H8O7/c1-2-3-4-17-8(13)6-10(16,9(14)15)5-7(11)12;7-3(8)1-6(13,5(11)12)2-4(9)10/h16H,2-6H2,1H3,(H,11,12)(H,14,15);13H,1-2H2,(H,7,8)(H,9,10)(H,11,12). The number of carbonyl (C=O) groups excluding carboxylic acids is 1. The van der Waals surface area contributed by atoms with Crippen LogP contribution in [0, 0.1) is 0 Å². The van der Waals surface area contributed by atoms with Gasteiger partial charge in [-0.15, -0.1) is 0 Å². The fourth-order valence-electron chi connectivity index (χ4n) is 1.80. The maximum absolute atomic E-state index is 11.2. The zero-order valence-corrected chi connectivity index (χ0v) is 15.9. The highest BCUT2D eigenvalue weighted by Crippen LogP contribution is 2.17. The van der Waals surface area contributed by atoms with E-state index in [1.165, 1.54) is 0 Å². The van der Waals surface area contributed by atoms with Crippen LogP contribution in [0.25, 0.3) is 0 Å². The molecule has 0 aromatic carbocycles. The lowest BCUT2D eigenvalue weighted by Gasteiger charge is -2.20. The van der Waals surface area contributed by atoms with E-state index < -0.39 is 72.7 Å². The second kappa shape index (κ2) is 13.1. The van der Waals surface area contributed by atoms with Crippen molar-refractivity contribution in [3.05, 3.63) is 0 Å². The van der Waals surface area contributed by atoms with E-state index in [1.807, 2.05) is 6.92 Å². The molecule has 30 heavy (non-hydrogen) atoms. The van der Waals surface area contributed by atoms with Crippen LogP contribution in [0.1, 0.15) is 45.4 Å². The van der Waals surface area contributed by atoms with Crippen molar-refractivity contribution in [1.82, 2.24) is 0 Å². The summed E-state index contributed by atoms with van der Waals surface area (Å²) in [6.45, 7) is 2.00. The highest BCUT2D eigenvalue weighted by Gasteiger charge is 2.42. The fourth-order valence-corrected chi connectivity index (χ4v) is 1.80. The van der Waals surface area contributed by atoms with Gasteiger partial charge in [-0.3, -0.25) is 19.2 Å². The summed E-state index contributed by atoms with van der Waals surface area (Å²) < 4.78 is 4.65. The van der Waals surface area contributed by atoms with Crippen molar-refractivity contribution in [2.45, 2.75) is 56.7 Å². The molecule has 0 bridgehead atoms. The highest BCUT2D eigenvalue weighted by molar-refractivity contribution is 5.89. The van der Waals surface area contributed by atoms with E-state index in [-0.39, 0.29) is 6.61 Å². The van der Waals surface area contributed by atoms with Gasteiger partial charge in [0.05, 0.1) is 32.3 Å². The molecule has 14 heteroatoms. The molecule has 0 rings (SSSR count). The average Bonchev–Trinajstić information content (AvgIpc) is 2.52. The molecule has 0 spiro atoms. The Balaban J connectivity index is 0. The first-order valence-electron chi connectivity index (χ1n) is 8.32. The quantitative estimate of drug-likeness (QED) is 0.131. The zero-order valence-electron chi connectivity index (χ0n) is 15.9. The van der Waals surface area contributed by atoms with Gasteiger partial charge in [-0.25, -0.2) is 9.59 Å². The van der Waals surface area contributed by atoms with Gasteiger partial charge < -0.3 is 40.5 Å². The number of hydrogen-bond acceptors (Lipinski definition) is 9. The molecule has 1 atom stereocenters. The van der Waals surface area contributed by atoms with Crippen LogP contribution in [0.5, 0.6) is 0 Å². The van der Waals surface area contributed by atoms with Crippen molar-refractivity contribution in [3.63, 3.8) is 0 Å². The molecule has 0 aromatic heterocycles. The molecule has 0 radical (unpaired) electrons. The minimum Gasteiger partial charge on any atom is -0.481 e. The van der Waals surface area contributed by atoms with Crippen molar-refractivity contribution < 1.29 is 69.2 Å². The molecule has 0 saturated carbocycles. The van der Waals surface area contributed by atoms with Gasteiger partial charge in [0, 0.05) is 0 Å². The third kappa shape index (κ3) is 12.2. The lowest BCUT2D eigenvalue weighted by Crippen LogP contribution is -2.43. The van der Waals surface area contributed by atoms with E-state index in [1.54, 1.807) is 0 Å². The summed E-state index contributed by atoms with van der Waals surface area (Å²) in [6.07, 6.45) is -2.80. The largest absolute Gasteiger partial charge is 0.481 e. The Hall–Kier alpha value is -3.26. The summed E-state index contributed by atoms with van der Waals surface area (Å²) >= 11 is 0. The summed E-state index contributed by atoms with van der Waals surface area (Å²) in [5.41, 5.74) is -5.35. The van der Waals surface area contributed by atoms with Crippen LogP contribution in [0.4, 0.5) is 0 Å². The smallest absolute Gasteiger partial charge is 0.336 e. The number of unbranched alkanes of at least 4 members (excludes halogenated alkanes) is 1. The molecule has 0 saturated heterocycles. The summed E-state index contributed by atoms with van der Waals surface area (Å²) in [6, 6.07) is 0. The van der Waals surface area contributed by atoms with Crippen molar-refractivity contribution in [2.75, 3.05) is 6.61 Å². The molecule has 0 aliphatic carbocycles. The summed E-state index contributed by atoms with van der Waals surface area (Å²) in [7, 11) is 0. The number of esters is 1. The minimum absolute atomic E-state index is 0.123. The van der Waals surface area contributed by atoms with Gasteiger partial charge in [0.2, 0.25) is 0 Å². The molecule has 0 aromatic rings. The first-order valence-corrected chi connectivity index (χ1v) is 8.32. The lowest BCUT2D eigenvalue weighted by atomic mass is 9.96. The van der Waals surface area contributed by atoms with E-state index >= 15 is 0 Å². The Labute approximate surface area is 169 Å². The number of ether oxygens (including phenoxy) is 1. The van der Waals surface area contributed by atoms with Gasteiger partial charge in [-0.2, -0.15) is 0 Å². The van der Waals surface area contributed by atoms with Gasteiger partial charge in [-0.05, 0) is 6.42 Å². The lowest BCUT2D eigenvalue weighted by molar-refractivity contribution is -0.172. The van der Waals surface area contributed by atoms with Crippen molar-refractivity contribution >= 4 is 35.8 Å². The first-order chi connectivity index (χ1) is 13.6. The van der Waals surface area contributed by atoms with Gasteiger partial charge in [0.1, 0.15) is 0 Å². The number of carboxylic acid groups (broad SMARTS) is 5. The molecular weight excluding hydrogens is 416 g/mol. The summed E-state index contributed by atoms with van der Waals surface area (Å²) in [5.74, 6) is -9.21. The molecular formula is C16H24O14. The maximum atomic E-state index is 11.2. The Morgan fingerprint density at radius 3 is 1.27 bits per heavy atom. The number of rotatable bonds is 13. The minimum atomic E-state index is -2.74. The van der Waals surface area contributed by atoms with E-state index in [0.717, 1.165) is 6.42 Å². The third-order valence-corrected chi connectivity index (χ3v) is 3.32. The summed E-state index contributed by atoms with van der Waals surface area (Å²) in [5, 5.41) is 60.4. The SMILES string of the molecule is CCCCOC(=O)CC(O)(CC(=O)O)C(=O)O.O=C(O)CC(O)(CC(=O)O)C(=O)O. The normalized spacial score (nSPS) is 12.5. The van der Waals surface area contributed by atoms with Crippen LogP contribution in [0.2, 0.25) is 0 Å². The average molecular weight is 440 g/mol. The number of aliphatic hydroxyl groups is 2. The number of aliphatic carboxylic acids is 5. The van der Waals surface area contributed by atoms with Gasteiger partial charge >= 0.3 is 35.8 Å². The van der Waals surface area contributed by atoms with E-state index in [4.69, 9.17) is 30.6 Å². The maximum Gasteiger partial charge on any atom is 0.336 e. The van der Waals surface area contributed by atoms with Crippen LogP contribution >= 0.6 is 0 Å². The topological polar surface area (TPSA) is 253 Å². The number of carbonyl (C=O) groups is 6. The molecule has 1 unspecified atom stereocenters. The van der Waals surface area contributed by atoms with Crippen LogP contribution in [0.3, 0.4) is 0 Å². The molecule has 0 fully saturated rings. The predicted molar refractivity (Wildman–Crippen MR) is 92.4 cm³/mol.